The van der Waals surface area contributed by atoms with Crippen molar-refractivity contribution >= 4 is 12.0 Å². The van der Waals surface area contributed by atoms with E-state index in [-0.39, 0.29) is 18.4 Å². The summed E-state index contributed by atoms with van der Waals surface area (Å²) in [5.41, 5.74) is 0.817. The molecule has 1 aliphatic heterocycles. The molecule has 5 nitrogen and oxygen atoms in total. The summed E-state index contributed by atoms with van der Waals surface area (Å²) in [6.45, 7) is 1.23. The molecule has 1 fully saturated rings. The smallest absolute Gasteiger partial charge is 0.317 e. The van der Waals surface area contributed by atoms with Crippen molar-refractivity contribution in [2.24, 2.45) is 5.92 Å². The molecule has 0 radical (unpaired) electrons. The SMILES string of the molecule is O=C(O)[C@@H]1CCCN(C(=O)NCCc2cccc(F)c2)C1. The van der Waals surface area contributed by atoms with Crippen LogP contribution in [0.2, 0.25) is 0 Å². The van der Waals surface area contributed by atoms with Gasteiger partial charge in [0.1, 0.15) is 5.82 Å². The predicted molar refractivity (Wildman–Crippen MR) is 75.4 cm³/mol. The van der Waals surface area contributed by atoms with Crippen molar-refractivity contribution in [1.82, 2.24) is 10.2 Å². The Balaban J connectivity index is 1.78. The molecular weight excluding hydrogens is 275 g/mol. The Bertz CT molecular complexity index is 521. The molecule has 0 aromatic heterocycles. The zero-order valence-electron chi connectivity index (χ0n) is 11.7. The molecule has 0 saturated carbocycles. The number of piperidine rings is 1. The third-order valence-electron chi connectivity index (χ3n) is 3.64. The second kappa shape index (κ2) is 7.06. The summed E-state index contributed by atoms with van der Waals surface area (Å²) in [5, 5.41) is 11.7. The van der Waals surface area contributed by atoms with Crippen molar-refractivity contribution in [2.45, 2.75) is 19.3 Å². The molecule has 1 aromatic rings. The maximum Gasteiger partial charge on any atom is 0.317 e. The van der Waals surface area contributed by atoms with E-state index in [1.165, 1.54) is 17.0 Å². The lowest BCUT2D eigenvalue weighted by Gasteiger charge is -2.30. The Morgan fingerprint density at radius 3 is 2.95 bits per heavy atom. The first-order valence-electron chi connectivity index (χ1n) is 7.06. The molecule has 2 amide bonds. The van der Waals surface area contributed by atoms with Gasteiger partial charge in [-0.2, -0.15) is 0 Å². The van der Waals surface area contributed by atoms with Gasteiger partial charge in [-0.15, -0.1) is 0 Å². The number of urea groups is 1. The molecule has 1 aromatic carbocycles. The molecule has 2 N–H and O–H groups in total. The van der Waals surface area contributed by atoms with Crippen LogP contribution in [-0.2, 0) is 11.2 Å². The molecule has 0 unspecified atom stereocenters. The second-order valence-electron chi connectivity index (χ2n) is 5.24. The number of benzene rings is 1. The molecule has 1 heterocycles. The topological polar surface area (TPSA) is 69.6 Å². The fraction of sp³-hybridized carbons (Fsp3) is 0.467. The summed E-state index contributed by atoms with van der Waals surface area (Å²) in [6, 6.07) is 6.00. The van der Waals surface area contributed by atoms with Gasteiger partial charge in [-0.3, -0.25) is 4.79 Å². The lowest BCUT2D eigenvalue weighted by atomic mass is 9.99. The van der Waals surface area contributed by atoms with Crippen molar-refractivity contribution in [1.29, 1.82) is 0 Å². The summed E-state index contributed by atoms with van der Waals surface area (Å²) < 4.78 is 13.0. The van der Waals surface area contributed by atoms with Crippen LogP contribution in [0.3, 0.4) is 0 Å². The van der Waals surface area contributed by atoms with Crippen LogP contribution in [0.15, 0.2) is 24.3 Å². The highest BCUT2D eigenvalue weighted by Crippen LogP contribution is 2.16. The minimum Gasteiger partial charge on any atom is -0.481 e. The molecule has 114 valence electrons. The molecular formula is C15H19FN2O3. The van der Waals surface area contributed by atoms with Crippen LogP contribution < -0.4 is 5.32 Å². The highest BCUT2D eigenvalue weighted by molar-refractivity contribution is 5.76. The zero-order chi connectivity index (χ0) is 15.2. The number of carboxylic acids is 1. The number of nitrogens with one attached hydrogen (secondary N) is 1. The fourth-order valence-corrected chi connectivity index (χ4v) is 2.48. The third kappa shape index (κ3) is 4.44. The average Bonchev–Trinajstić information content (AvgIpc) is 2.47. The van der Waals surface area contributed by atoms with Gasteiger partial charge in [0.2, 0.25) is 0 Å². The van der Waals surface area contributed by atoms with E-state index in [9.17, 15) is 14.0 Å². The van der Waals surface area contributed by atoms with Gasteiger partial charge in [-0.05, 0) is 37.0 Å². The van der Waals surface area contributed by atoms with Gasteiger partial charge in [0, 0.05) is 19.6 Å². The van der Waals surface area contributed by atoms with Crippen LogP contribution in [0, 0.1) is 11.7 Å². The maximum atomic E-state index is 13.0. The molecule has 2 rings (SSSR count). The standard InChI is InChI=1S/C15H19FN2O3/c16-13-5-1-3-11(9-13)6-7-17-15(21)18-8-2-4-12(10-18)14(19)20/h1,3,5,9,12H,2,4,6-8,10H2,(H,17,21)(H,19,20)/t12-/m1/s1. The van der Waals surface area contributed by atoms with E-state index in [2.05, 4.69) is 5.32 Å². The highest BCUT2D eigenvalue weighted by atomic mass is 19.1. The van der Waals surface area contributed by atoms with Gasteiger partial charge in [-0.1, -0.05) is 12.1 Å². The monoisotopic (exact) mass is 294 g/mol. The number of halogens is 1. The summed E-state index contributed by atoms with van der Waals surface area (Å²) in [6.07, 6.45) is 1.86. The highest BCUT2D eigenvalue weighted by Gasteiger charge is 2.27. The van der Waals surface area contributed by atoms with Crippen LogP contribution in [0.5, 0.6) is 0 Å². The minimum atomic E-state index is -0.854. The van der Waals surface area contributed by atoms with E-state index in [0.29, 0.717) is 32.4 Å². The van der Waals surface area contributed by atoms with Gasteiger partial charge in [-0.25, -0.2) is 9.18 Å². The number of hydrogen-bond acceptors (Lipinski definition) is 2. The summed E-state index contributed by atoms with van der Waals surface area (Å²) in [7, 11) is 0. The maximum absolute atomic E-state index is 13.0. The summed E-state index contributed by atoms with van der Waals surface area (Å²) in [5.74, 6) is -1.63. The first-order chi connectivity index (χ1) is 10.1. The van der Waals surface area contributed by atoms with E-state index in [0.717, 1.165) is 5.56 Å². The van der Waals surface area contributed by atoms with E-state index >= 15 is 0 Å². The first-order valence-corrected chi connectivity index (χ1v) is 7.06. The van der Waals surface area contributed by atoms with Crippen LogP contribution in [0.25, 0.3) is 0 Å². The Labute approximate surface area is 122 Å². The number of aliphatic carboxylic acids is 1. The normalized spacial score (nSPS) is 18.3. The molecule has 1 atom stereocenters. The Hall–Kier alpha value is -2.11. The number of carboxylic acid groups (broad SMARTS) is 1. The van der Waals surface area contributed by atoms with Gasteiger partial charge >= 0.3 is 12.0 Å². The third-order valence-corrected chi connectivity index (χ3v) is 3.64. The van der Waals surface area contributed by atoms with Crippen molar-refractivity contribution in [2.75, 3.05) is 19.6 Å². The van der Waals surface area contributed by atoms with Crippen molar-refractivity contribution in [3.8, 4) is 0 Å². The molecule has 0 spiro atoms. The van der Waals surface area contributed by atoms with Crippen molar-refractivity contribution in [3.63, 3.8) is 0 Å². The predicted octanol–water partition coefficient (Wildman–Crippen LogP) is 1.87. The number of likely N-dealkylation sites (tertiary alicyclic amines) is 1. The van der Waals surface area contributed by atoms with E-state index in [1.807, 2.05) is 0 Å². The minimum absolute atomic E-state index is 0.251. The van der Waals surface area contributed by atoms with Crippen LogP contribution in [-0.4, -0.2) is 41.6 Å². The largest absolute Gasteiger partial charge is 0.481 e. The zero-order valence-corrected chi connectivity index (χ0v) is 11.7. The van der Waals surface area contributed by atoms with Gasteiger partial charge in [0.05, 0.1) is 5.92 Å². The van der Waals surface area contributed by atoms with Crippen molar-refractivity contribution in [3.05, 3.63) is 35.6 Å². The number of carbonyl (C=O) groups excluding carboxylic acids is 1. The quantitative estimate of drug-likeness (QED) is 0.890. The lowest BCUT2D eigenvalue weighted by Crippen LogP contribution is -2.47. The number of nitrogens with zero attached hydrogens (tertiary/aromatic N) is 1. The molecule has 0 bridgehead atoms. The number of rotatable bonds is 4. The molecule has 6 heteroatoms. The summed E-state index contributed by atoms with van der Waals surface area (Å²) in [4.78, 5) is 24.5. The van der Waals surface area contributed by atoms with Gasteiger partial charge < -0.3 is 15.3 Å². The second-order valence-corrected chi connectivity index (χ2v) is 5.24. The molecule has 1 saturated heterocycles. The van der Waals surface area contributed by atoms with Crippen LogP contribution in [0.1, 0.15) is 18.4 Å². The van der Waals surface area contributed by atoms with Crippen LogP contribution >= 0.6 is 0 Å². The first kappa shape index (κ1) is 15.3. The average molecular weight is 294 g/mol. The van der Waals surface area contributed by atoms with Crippen LogP contribution in [0.4, 0.5) is 9.18 Å². The number of carbonyl (C=O) groups is 2. The fourth-order valence-electron chi connectivity index (χ4n) is 2.48. The Morgan fingerprint density at radius 2 is 2.24 bits per heavy atom. The van der Waals surface area contributed by atoms with Gasteiger partial charge in [0.25, 0.3) is 0 Å². The van der Waals surface area contributed by atoms with E-state index < -0.39 is 11.9 Å². The van der Waals surface area contributed by atoms with Gasteiger partial charge in [0.15, 0.2) is 0 Å². The van der Waals surface area contributed by atoms with E-state index in [4.69, 9.17) is 5.11 Å². The number of amides is 2. The number of hydrogen-bond donors (Lipinski definition) is 2. The van der Waals surface area contributed by atoms with Crippen molar-refractivity contribution < 1.29 is 19.1 Å². The summed E-state index contributed by atoms with van der Waals surface area (Å²) >= 11 is 0. The lowest BCUT2D eigenvalue weighted by molar-refractivity contribution is -0.143. The molecule has 1 aliphatic rings. The molecule has 0 aliphatic carbocycles. The van der Waals surface area contributed by atoms with E-state index in [1.54, 1.807) is 12.1 Å². The molecule has 21 heavy (non-hydrogen) atoms. The Kier molecular flexibility index (Phi) is 5.14. The Morgan fingerprint density at radius 1 is 1.43 bits per heavy atom.